The van der Waals surface area contributed by atoms with E-state index in [1.54, 1.807) is 79.9 Å². The quantitative estimate of drug-likeness (QED) is 0.130. The number of amides is 2. The molecule has 0 aliphatic heterocycles. The number of methoxy groups -OCH3 is 2. The summed E-state index contributed by atoms with van der Waals surface area (Å²) in [6, 6.07) is 24.7. The molecule has 7 nitrogen and oxygen atoms in total. The number of thioether (sulfide) groups is 1. The number of benzene rings is 3. The predicted octanol–water partition coefficient (Wildman–Crippen LogP) is 6.15. The van der Waals surface area contributed by atoms with E-state index < -0.39 is 11.8 Å². The van der Waals surface area contributed by atoms with Gasteiger partial charge in [-0.25, -0.2) is 0 Å². The fourth-order valence-corrected chi connectivity index (χ4v) is 5.15. The van der Waals surface area contributed by atoms with Crippen LogP contribution in [0.3, 0.4) is 0 Å². The molecule has 0 fully saturated rings. The maximum Gasteiger partial charge on any atom is 0.272 e. The van der Waals surface area contributed by atoms with E-state index in [9.17, 15) is 14.4 Å². The molecule has 39 heavy (non-hydrogen) atoms. The minimum atomic E-state index is -0.519. The lowest BCUT2D eigenvalue weighted by molar-refractivity contribution is -0.113. The van der Waals surface area contributed by atoms with Crippen LogP contribution in [-0.2, 0) is 4.79 Å². The Bertz CT molecular complexity index is 1480. The van der Waals surface area contributed by atoms with Crippen molar-refractivity contribution in [3.63, 3.8) is 0 Å². The molecule has 198 valence electrons. The zero-order valence-corrected chi connectivity index (χ0v) is 22.9. The topological polar surface area (TPSA) is 93.7 Å². The highest BCUT2D eigenvalue weighted by Gasteiger charge is 2.17. The van der Waals surface area contributed by atoms with E-state index in [-0.39, 0.29) is 17.2 Å². The number of hydrogen-bond acceptors (Lipinski definition) is 7. The third-order valence-corrected chi connectivity index (χ3v) is 7.43. The van der Waals surface area contributed by atoms with Crippen molar-refractivity contribution in [2.75, 3.05) is 25.3 Å². The molecule has 1 heterocycles. The van der Waals surface area contributed by atoms with Gasteiger partial charge in [0.2, 0.25) is 0 Å². The fraction of sp³-hybridized carbons (Fsp3) is 0.100. The molecule has 0 aliphatic carbocycles. The molecular weight excluding hydrogens is 532 g/mol. The summed E-state index contributed by atoms with van der Waals surface area (Å²) in [5.41, 5.74) is 1.54. The summed E-state index contributed by atoms with van der Waals surface area (Å²) in [5, 5.41) is 7.45. The molecule has 0 radical (unpaired) electrons. The van der Waals surface area contributed by atoms with Gasteiger partial charge in [0.05, 0.1) is 24.8 Å². The molecule has 4 aromatic rings. The van der Waals surface area contributed by atoms with Crippen LogP contribution in [0.1, 0.15) is 25.6 Å². The van der Waals surface area contributed by atoms with Crippen LogP contribution in [0.25, 0.3) is 6.08 Å². The smallest absolute Gasteiger partial charge is 0.272 e. The Hall–Kier alpha value is -4.34. The molecule has 2 amide bonds. The SMILES string of the molecule is COc1ccc(/C=C(\NC(=O)c2ccccc2)C(=O)Nc2cccc(SCC(=O)c3cccs3)c2)c(OC)c1. The molecule has 4 rings (SSSR count). The maximum atomic E-state index is 13.4. The molecule has 0 aliphatic rings. The van der Waals surface area contributed by atoms with Crippen LogP contribution in [0, 0.1) is 0 Å². The molecule has 2 N–H and O–H groups in total. The lowest BCUT2D eigenvalue weighted by Gasteiger charge is -2.13. The Kier molecular flexibility index (Phi) is 9.55. The molecule has 0 spiro atoms. The molecular formula is C30H26N2O5S2. The predicted molar refractivity (Wildman–Crippen MR) is 156 cm³/mol. The van der Waals surface area contributed by atoms with Crippen molar-refractivity contribution >= 4 is 52.5 Å². The number of ether oxygens (including phenoxy) is 2. The van der Waals surface area contributed by atoms with E-state index in [0.717, 1.165) is 4.90 Å². The average Bonchev–Trinajstić information content (AvgIpc) is 3.51. The third kappa shape index (κ3) is 7.59. The van der Waals surface area contributed by atoms with Gasteiger partial charge in [0.1, 0.15) is 17.2 Å². The minimum Gasteiger partial charge on any atom is -0.497 e. The standard InChI is InChI=1S/C30H26N2O5S2/c1-36-23-14-13-21(27(18-23)37-2)16-25(32-29(34)20-8-4-3-5-9-20)30(35)31-22-10-6-11-24(17-22)39-19-26(33)28-12-7-15-38-28/h3-18H,19H2,1-2H3,(H,31,35)(H,32,34)/b25-16-. The van der Waals surface area contributed by atoms with Gasteiger partial charge < -0.3 is 20.1 Å². The van der Waals surface area contributed by atoms with Crippen LogP contribution in [-0.4, -0.2) is 37.6 Å². The molecule has 9 heteroatoms. The number of hydrogen-bond donors (Lipinski definition) is 2. The molecule has 0 unspecified atom stereocenters. The second-order valence-corrected chi connectivity index (χ2v) is 10.2. The number of carbonyl (C=O) groups is 3. The number of carbonyl (C=O) groups excluding carboxylic acids is 3. The van der Waals surface area contributed by atoms with Crippen molar-refractivity contribution < 1.29 is 23.9 Å². The molecule has 3 aromatic carbocycles. The third-order valence-electron chi connectivity index (χ3n) is 5.53. The van der Waals surface area contributed by atoms with Crippen LogP contribution >= 0.6 is 23.1 Å². The summed E-state index contributed by atoms with van der Waals surface area (Å²) >= 11 is 2.80. The van der Waals surface area contributed by atoms with Gasteiger partial charge in [-0.05, 0) is 60.0 Å². The Morgan fingerprint density at radius 2 is 1.72 bits per heavy atom. The van der Waals surface area contributed by atoms with Crippen molar-refractivity contribution in [1.29, 1.82) is 0 Å². The number of Topliss-reactive ketones (excluding diaryl/α,β-unsaturated/α-hetero) is 1. The van der Waals surface area contributed by atoms with Crippen LogP contribution in [0.15, 0.2) is 101 Å². The summed E-state index contributed by atoms with van der Waals surface area (Å²) in [6.45, 7) is 0. The van der Waals surface area contributed by atoms with Gasteiger partial charge in [-0.1, -0.05) is 30.3 Å². The molecule has 1 aromatic heterocycles. The van der Waals surface area contributed by atoms with E-state index in [1.165, 1.54) is 30.2 Å². The van der Waals surface area contributed by atoms with Crippen molar-refractivity contribution in [2.24, 2.45) is 0 Å². The average molecular weight is 559 g/mol. The van der Waals surface area contributed by atoms with Gasteiger partial charge >= 0.3 is 0 Å². The summed E-state index contributed by atoms with van der Waals surface area (Å²) in [6.07, 6.45) is 1.55. The normalized spacial score (nSPS) is 11.0. The highest BCUT2D eigenvalue weighted by Crippen LogP contribution is 2.27. The number of thiophene rings is 1. The highest BCUT2D eigenvalue weighted by molar-refractivity contribution is 8.00. The number of anilines is 1. The zero-order chi connectivity index (χ0) is 27.6. The Morgan fingerprint density at radius 3 is 2.44 bits per heavy atom. The minimum absolute atomic E-state index is 0.0262. The van der Waals surface area contributed by atoms with Crippen LogP contribution in [0.2, 0.25) is 0 Å². The Labute approximate surface area is 234 Å². The van der Waals surface area contributed by atoms with Gasteiger partial charge in [0.15, 0.2) is 5.78 Å². The van der Waals surface area contributed by atoms with E-state index in [0.29, 0.717) is 33.2 Å². The van der Waals surface area contributed by atoms with Crippen molar-refractivity contribution in [3.8, 4) is 11.5 Å². The first-order valence-electron chi connectivity index (χ1n) is 11.9. The van der Waals surface area contributed by atoms with E-state index in [1.807, 2.05) is 23.6 Å². The van der Waals surface area contributed by atoms with Gasteiger partial charge in [0.25, 0.3) is 11.8 Å². The number of ketones is 1. The summed E-state index contributed by atoms with van der Waals surface area (Å²) in [4.78, 5) is 40.3. The van der Waals surface area contributed by atoms with Gasteiger partial charge in [-0.2, -0.15) is 0 Å². The van der Waals surface area contributed by atoms with Crippen LogP contribution in [0.5, 0.6) is 11.5 Å². The second-order valence-electron chi connectivity index (χ2n) is 8.16. The summed E-state index contributed by atoms with van der Waals surface area (Å²) in [5.74, 6) is 0.451. The van der Waals surface area contributed by atoms with Crippen LogP contribution < -0.4 is 20.1 Å². The van der Waals surface area contributed by atoms with E-state index in [4.69, 9.17) is 9.47 Å². The van der Waals surface area contributed by atoms with E-state index >= 15 is 0 Å². The first-order chi connectivity index (χ1) is 19.0. The monoisotopic (exact) mass is 558 g/mol. The van der Waals surface area contributed by atoms with Gasteiger partial charge in [-0.3, -0.25) is 14.4 Å². The van der Waals surface area contributed by atoms with Crippen molar-refractivity contribution in [3.05, 3.63) is 112 Å². The summed E-state index contributed by atoms with van der Waals surface area (Å²) < 4.78 is 10.7. The van der Waals surface area contributed by atoms with Gasteiger partial charge in [0, 0.05) is 27.8 Å². The van der Waals surface area contributed by atoms with Crippen molar-refractivity contribution in [1.82, 2.24) is 5.32 Å². The molecule has 0 atom stereocenters. The van der Waals surface area contributed by atoms with Crippen molar-refractivity contribution in [2.45, 2.75) is 4.90 Å². The number of rotatable bonds is 11. The molecule has 0 bridgehead atoms. The van der Waals surface area contributed by atoms with E-state index in [2.05, 4.69) is 10.6 Å². The lowest BCUT2D eigenvalue weighted by Crippen LogP contribution is -2.30. The van der Waals surface area contributed by atoms with Gasteiger partial charge in [-0.15, -0.1) is 23.1 Å². The first kappa shape index (κ1) is 27.7. The fourth-order valence-electron chi connectivity index (χ4n) is 3.55. The zero-order valence-electron chi connectivity index (χ0n) is 21.3. The largest absolute Gasteiger partial charge is 0.497 e. The Balaban J connectivity index is 1.56. The second kappa shape index (κ2) is 13.5. The number of nitrogens with one attached hydrogen (secondary N) is 2. The molecule has 0 saturated carbocycles. The molecule has 0 saturated heterocycles. The highest BCUT2D eigenvalue weighted by atomic mass is 32.2. The Morgan fingerprint density at radius 1 is 0.897 bits per heavy atom. The lowest BCUT2D eigenvalue weighted by atomic mass is 10.1. The first-order valence-corrected chi connectivity index (χ1v) is 13.7. The summed E-state index contributed by atoms with van der Waals surface area (Å²) in [7, 11) is 3.06. The van der Waals surface area contributed by atoms with Crippen LogP contribution in [0.4, 0.5) is 5.69 Å². The maximum absolute atomic E-state index is 13.4.